The highest BCUT2D eigenvalue weighted by molar-refractivity contribution is 6.30. The van der Waals surface area contributed by atoms with Gasteiger partial charge in [0.15, 0.2) is 0 Å². The Labute approximate surface area is 134 Å². The van der Waals surface area contributed by atoms with Gasteiger partial charge in [-0.3, -0.25) is 4.79 Å². The Morgan fingerprint density at radius 1 is 1.18 bits per heavy atom. The number of benzene rings is 2. The molecular formula is C18H17ClO3. The largest absolute Gasteiger partial charge is 0.468 e. The molecule has 2 aromatic rings. The number of aliphatic hydroxyl groups is 1. The molecule has 0 saturated carbocycles. The topological polar surface area (TPSA) is 46.5 Å². The maximum Gasteiger partial charge on any atom is 0.316 e. The van der Waals surface area contributed by atoms with E-state index in [0.717, 1.165) is 11.1 Å². The van der Waals surface area contributed by atoms with Crippen molar-refractivity contribution in [1.29, 1.82) is 0 Å². The fourth-order valence-corrected chi connectivity index (χ4v) is 3.59. The van der Waals surface area contributed by atoms with Crippen LogP contribution < -0.4 is 0 Å². The van der Waals surface area contributed by atoms with Crippen LogP contribution in [0.2, 0.25) is 5.02 Å². The molecule has 1 aliphatic rings. The van der Waals surface area contributed by atoms with Crippen LogP contribution in [0.15, 0.2) is 48.5 Å². The number of hydrogen-bond donors (Lipinski definition) is 1. The summed E-state index contributed by atoms with van der Waals surface area (Å²) >= 11 is 6.12. The van der Waals surface area contributed by atoms with Crippen LogP contribution in [0.3, 0.4) is 0 Å². The third-order valence-electron chi connectivity index (χ3n) is 4.52. The molecule has 22 heavy (non-hydrogen) atoms. The van der Waals surface area contributed by atoms with Gasteiger partial charge in [-0.1, -0.05) is 48.0 Å². The van der Waals surface area contributed by atoms with Crippen LogP contribution >= 0.6 is 11.6 Å². The van der Waals surface area contributed by atoms with Crippen molar-refractivity contribution in [3.05, 3.63) is 70.2 Å². The number of halogens is 1. The van der Waals surface area contributed by atoms with E-state index >= 15 is 0 Å². The fraction of sp³-hybridized carbons (Fsp3) is 0.278. The molecule has 0 unspecified atom stereocenters. The Morgan fingerprint density at radius 3 is 2.50 bits per heavy atom. The molecular weight excluding hydrogens is 300 g/mol. The summed E-state index contributed by atoms with van der Waals surface area (Å²) in [6.45, 7) is 1.80. The Hall–Kier alpha value is -1.84. The predicted molar refractivity (Wildman–Crippen MR) is 84.9 cm³/mol. The van der Waals surface area contributed by atoms with E-state index in [2.05, 4.69) is 0 Å². The van der Waals surface area contributed by atoms with Crippen LogP contribution in [-0.4, -0.2) is 18.2 Å². The molecule has 0 aromatic heterocycles. The normalized spacial score (nSPS) is 26.5. The molecule has 4 heteroatoms. The molecule has 0 bridgehead atoms. The smallest absolute Gasteiger partial charge is 0.316 e. The van der Waals surface area contributed by atoms with Crippen LogP contribution in [0.25, 0.3) is 0 Å². The lowest BCUT2D eigenvalue weighted by Crippen LogP contribution is -2.35. The van der Waals surface area contributed by atoms with Gasteiger partial charge in [-0.25, -0.2) is 0 Å². The molecule has 3 rings (SSSR count). The van der Waals surface area contributed by atoms with Crippen molar-refractivity contribution in [2.75, 3.05) is 7.11 Å². The zero-order valence-electron chi connectivity index (χ0n) is 12.5. The van der Waals surface area contributed by atoms with Crippen molar-refractivity contribution in [3.63, 3.8) is 0 Å². The number of ether oxygens (including phenoxy) is 1. The van der Waals surface area contributed by atoms with E-state index in [0.29, 0.717) is 10.6 Å². The molecule has 0 heterocycles. The maximum atomic E-state index is 12.3. The quantitative estimate of drug-likeness (QED) is 0.864. The molecule has 0 radical (unpaired) electrons. The highest BCUT2D eigenvalue weighted by Gasteiger charge is 2.54. The van der Waals surface area contributed by atoms with Gasteiger partial charge in [-0.05, 0) is 35.7 Å². The zero-order valence-corrected chi connectivity index (χ0v) is 13.2. The molecule has 2 atom stereocenters. The summed E-state index contributed by atoms with van der Waals surface area (Å²) in [5, 5.41) is 11.9. The molecule has 0 amide bonds. The number of carbonyl (C=O) groups excluding carboxylic acids is 1. The van der Waals surface area contributed by atoms with Gasteiger partial charge in [0.05, 0.1) is 12.5 Å². The van der Waals surface area contributed by atoms with Gasteiger partial charge in [-0.15, -0.1) is 0 Å². The first-order valence-corrected chi connectivity index (χ1v) is 7.46. The minimum absolute atomic E-state index is 0.229. The summed E-state index contributed by atoms with van der Waals surface area (Å²) in [6, 6.07) is 14.6. The van der Waals surface area contributed by atoms with E-state index in [4.69, 9.17) is 16.3 Å². The summed E-state index contributed by atoms with van der Waals surface area (Å²) in [4.78, 5) is 12.3. The molecule has 0 spiro atoms. The van der Waals surface area contributed by atoms with Crippen molar-refractivity contribution in [1.82, 2.24) is 0 Å². The summed E-state index contributed by atoms with van der Waals surface area (Å²) in [6.07, 6.45) is 0.229. The van der Waals surface area contributed by atoms with Gasteiger partial charge in [0.2, 0.25) is 0 Å². The van der Waals surface area contributed by atoms with Gasteiger partial charge in [-0.2, -0.15) is 0 Å². The van der Waals surface area contributed by atoms with Crippen molar-refractivity contribution < 1.29 is 14.6 Å². The van der Waals surface area contributed by atoms with E-state index in [-0.39, 0.29) is 12.4 Å². The molecule has 3 nitrogen and oxygen atoms in total. The lowest BCUT2D eigenvalue weighted by molar-refractivity contribution is -0.148. The van der Waals surface area contributed by atoms with E-state index in [1.54, 1.807) is 25.1 Å². The summed E-state index contributed by atoms with van der Waals surface area (Å²) in [5.74, 6) is -0.358. The average Bonchev–Trinajstić information content (AvgIpc) is 2.77. The Bertz CT molecular complexity index is 728. The molecule has 0 aliphatic heterocycles. The SMILES string of the molecule is COC(=O)[C@@]1(C)C[C@@](O)(c2ccccc2)c2cc(Cl)ccc21. The second kappa shape index (κ2) is 5.11. The molecule has 2 aromatic carbocycles. The van der Waals surface area contributed by atoms with Crippen molar-refractivity contribution in [2.45, 2.75) is 24.4 Å². The second-order valence-corrected chi connectivity index (χ2v) is 6.35. The minimum atomic E-state index is -1.26. The Kier molecular flexibility index (Phi) is 3.50. The van der Waals surface area contributed by atoms with Gasteiger partial charge in [0.25, 0.3) is 0 Å². The highest BCUT2D eigenvalue weighted by Crippen LogP contribution is 2.52. The third-order valence-corrected chi connectivity index (χ3v) is 4.75. The van der Waals surface area contributed by atoms with Crippen LogP contribution in [0, 0.1) is 0 Å². The van der Waals surface area contributed by atoms with Crippen LogP contribution in [-0.2, 0) is 20.5 Å². The second-order valence-electron chi connectivity index (χ2n) is 5.92. The first kappa shape index (κ1) is 15.1. The predicted octanol–water partition coefficient (Wildman–Crippen LogP) is 3.41. The molecule has 0 fully saturated rings. The first-order valence-electron chi connectivity index (χ1n) is 7.08. The number of carbonyl (C=O) groups is 1. The van der Waals surface area contributed by atoms with Crippen LogP contribution in [0.5, 0.6) is 0 Å². The van der Waals surface area contributed by atoms with E-state index in [1.165, 1.54) is 7.11 Å². The molecule has 1 aliphatic carbocycles. The molecule has 1 N–H and O–H groups in total. The number of methoxy groups -OCH3 is 1. The lowest BCUT2D eigenvalue weighted by atomic mass is 9.81. The van der Waals surface area contributed by atoms with Gasteiger partial charge < -0.3 is 9.84 Å². The van der Waals surface area contributed by atoms with Gasteiger partial charge >= 0.3 is 5.97 Å². The van der Waals surface area contributed by atoms with Crippen molar-refractivity contribution in [3.8, 4) is 0 Å². The van der Waals surface area contributed by atoms with Crippen LogP contribution in [0.4, 0.5) is 0 Å². The van der Waals surface area contributed by atoms with E-state index < -0.39 is 11.0 Å². The van der Waals surface area contributed by atoms with Crippen LogP contribution in [0.1, 0.15) is 30.0 Å². The van der Waals surface area contributed by atoms with E-state index in [1.807, 2.05) is 30.3 Å². The van der Waals surface area contributed by atoms with Crippen molar-refractivity contribution >= 4 is 17.6 Å². The number of rotatable bonds is 2. The third kappa shape index (κ3) is 2.04. The fourth-order valence-electron chi connectivity index (χ4n) is 3.42. The van der Waals surface area contributed by atoms with Crippen molar-refractivity contribution in [2.24, 2.45) is 0 Å². The van der Waals surface area contributed by atoms with Gasteiger partial charge in [0.1, 0.15) is 5.60 Å². The minimum Gasteiger partial charge on any atom is -0.468 e. The Morgan fingerprint density at radius 2 is 1.86 bits per heavy atom. The number of hydrogen-bond acceptors (Lipinski definition) is 3. The highest BCUT2D eigenvalue weighted by atomic mass is 35.5. The van der Waals surface area contributed by atoms with E-state index in [9.17, 15) is 9.90 Å². The molecule has 0 saturated heterocycles. The summed E-state index contributed by atoms with van der Waals surface area (Å²) < 4.78 is 4.97. The van der Waals surface area contributed by atoms with Gasteiger partial charge in [0, 0.05) is 11.4 Å². The average molecular weight is 317 g/mol. The summed E-state index contributed by atoms with van der Waals surface area (Å²) in [7, 11) is 1.36. The Balaban J connectivity index is 2.25. The monoisotopic (exact) mass is 316 g/mol. The first-order chi connectivity index (χ1) is 10.4. The number of fused-ring (bicyclic) bond motifs is 1. The summed E-state index contributed by atoms with van der Waals surface area (Å²) in [5.41, 5.74) is 0.00399. The standard InChI is InChI=1S/C18H17ClO3/c1-17(16(20)22-2)11-18(21,12-6-4-3-5-7-12)15-10-13(19)8-9-14(15)17/h3-10,21H,11H2,1-2H3/t17-,18+/m0/s1. The molecule has 114 valence electrons. The lowest BCUT2D eigenvalue weighted by Gasteiger charge is -2.27. The zero-order chi connectivity index (χ0) is 16.0. The number of esters is 1. The maximum absolute atomic E-state index is 12.3.